The maximum absolute atomic E-state index is 11.2. The van der Waals surface area contributed by atoms with Crippen LogP contribution in [0.4, 0.5) is 5.82 Å². The molecule has 0 aliphatic heterocycles. The van der Waals surface area contributed by atoms with Gasteiger partial charge in [-0.1, -0.05) is 0 Å². The zero-order valence-corrected chi connectivity index (χ0v) is 7.85. The summed E-state index contributed by atoms with van der Waals surface area (Å²) in [6, 6.07) is 0. The molecule has 0 bridgehead atoms. The molecule has 72 valence electrons. The van der Waals surface area contributed by atoms with Crippen LogP contribution < -0.4 is 10.6 Å². The highest BCUT2D eigenvalue weighted by molar-refractivity contribution is 5.90. The SMILES string of the molecule is CNCCC(=O)Nc1[nH]ncc1C. The van der Waals surface area contributed by atoms with Crippen molar-refractivity contribution >= 4 is 11.7 Å². The number of anilines is 1. The lowest BCUT2D eigenvalue weighted by Gasteiger charge is -2.02. The summed E-state index contributed by atoms with van der Waals surface area (Å²) in [5, 5.41) is 12.1. The minimum atomic E-state index is -0.0123. The standard InChI is InChI=1S/C8H14N4O/c1-6-5-10-12-8(6)11-7(13)3-4-9-2/h5,9H,3-4H2,1-2H3,(H2,10,11,12,13). The number of hydrogen-bond acceptors (Lipinski definition) is 3. The van der Waals surface area contributed by atoms with E-state index in [-0.39, 0.29) is 5.91 Å². The molecule has 0 spiro atoms. The molecule has 5 nitrogen and oxygen atoms in total. The van der Waals surface area contributed by atoms with Crippen molar-refractivity contribution in [1.29, 1.82) is 0 Å². The van der Waals surface area contributed by atoms with E-state index < -0.39 is 0 Å². The first-order valence-electron chi connectivity index (χ1n) is 4.18. The lowest BCUT2D eigenvalue weighted by Crippen LogP contribution is -2.19. The highest BCUT2D eigenvalue weighted by Crippen LogP contribution is 2.07. The molecule has 13 heavy (non-hydrogen) atoms. The van der Waals surface area contributed by atoms with Crippen molar-refractivity contribution in [3.63, 3.8) is 0 Å². The largest absolute Gasteiger partial charge is 0.319 e. The van der Waals surface area contributed by atoms with Gasteiger partial charge in [0.25, 0.3) is 0 Å². The van der Waals surface area contributed by atoms with E-state index in [4.69, 9.17) is 0 Å². The maximum atomic E-state index is 11.2. The Morgan fingerprint density at radius 2 is 2.46 bits per heavy atom. The van der Waals surface area contributed by atoms with Gasteiger partial charge in [-0.05, 0) is 14.0 Å². The summed E-state index contributed by atoms with van der Waals surface area (Å²) < 4.78 is 0. The molecule has 0 saturated heterocycles. The number of hydrogen-bond donors (Lipinski definition) is 3. The van der Waals surface area contributed by atoms with E-state index in [1.165, 1.54) is 0 Å². The predicted octanol–water partition coefficient (Wildman–Crippen LogP) is 0.266. The van der Waals surface area contributed by atoms with Crippen LogP contribution in [0.3, 0.4) is 0 Å². The van der Waals surface area contributed by atoms with Gasteiger partial charge in [0.1, 0.15) is 5.82 Å². The number of carbonyl (C=O) groups excluding carboxylic acids is 1. The Kier molecular flexibility index (Phi) is 3.45. The van der Waals surface area contributed by atoms with Gasteiger partial charge in [-0.3, -0.25) is 9.89 Å². The monoisotopic (exact) mass is 182 g/mol. The Hall–Kier alpha value is -1.36. The van der Waals surface area contributed by atoms with Gasteiger partial charge in [0, 0.05) is 18.5 Å². The summed E-state index contributed by atoms with van der Waals surface area (Å²) in [7, 11) is 1.81. The average Bonchev–Trinajstić information content (AvgIpc) is 2.48. The van der Waals surface area contributed by atoms with E-state index in [0.29, 0.717) is 18.8 Å². The molecule has 0 atom stereocenters. The first-order chi connectivity index (χ1) is 6.24. The molecule has 0 radical (unpaired) electrons. The first-order valence-corrected chi connectivity index (χ1v) is 4.18. The first kappa shape index (κ1) is 9.73. The molecule has 1 aromatic heterocycles. The molecular weight excluding hydrogens is 168 g/mol. The number of amides is 1. The number of carbonyl (C=O) groups is 1. The summed E-state index contributed by atoms with van der Waals surface area (Å²) in [4.78, 5) is 11.2. The van der Waals surface area contributed by atoms with Crippen molar-refractivity contribution in [2.45, 2.75) is 13.3 Å². The van der Waals surface area contributed by atoms with Crippen molar-refractivity contribution in [2.75, 3.05) is 18.9 Å². The summed E-state index contributed by atoms with van der Waals surface area (Å²) in [5.74, 6) is 0.669. The van der Waals surface area contributed by atoms with Crippen molar-refractivity contribution in [2.24, 2.45) is 0 Å². The van der Waals surface area contributed by atoms with Crippen LogP contribution in [0.25, 0.3) is 0 Å². The normalized spacial score (nSPS) is 10.0. The molecule has 0 fully saturated rings. The zero-order valence-electron chi connectivity index (χ0n) is 7.85. The average molecular weight is 182 g/mol. The minimum Gasteiger partial charge on any atom is -0.319 e. The Labute approximate surface area is 76.9 Å². The van der Waals surface area contributed by atoms with Gasteiger partial charge in [0.05, 0.1) is 6.20 Å². The maximum Gasteiger partial charge on any atom is 0.226 e. The number of H-pyrrole nitrogens is 1. The third-order valence-electron chi connectivity index (χ3n) is 1.70. The van der Waals surface area contributed by atoms with Crippen LogP contribution in [0.2, 0.25) is 0 Å². The van der Waals surface area contributed by atoms with Crippen molar-refractivity contribution in [3.8, 4) is 0 Å². The van der Waals surface area contributed by atoms with Crippen LogP contribution in [0, 0.1) is 6.92 Å². The molecule has 0 saturated carbocycles. The topological polar surface area (TPSA) is 69.8 Å². The van der Waals surface area contributed by atoms with Crippen LogP contribution in [0.5, 0.6) is 0 Å². The van der Waals surface area contributed by atoms with Gasteiger partial charge in [-0.2, -0.15) is 5.10 Å². The zero-order chi connectivity index (χ0) is 9.68. The second-order valence-corrected chi connectivity index (χ2v) is 2.83. The van der Waals surface area contributed by atoms with E-state index in [1.54, 1.807) is 6.20 Å². The highest BCUT2D eigenvalue weighted by atomic mass is 16.1. The van der Waals surface area contributed by atoms with Crippen molar-refractivity contribution in [3.05, 3.63) is 11.8 Å². The molecular formula is C8H14N4O. The fourth-order valence-corrected chi connectivity index (χ4v) is 0.913. The van der Waals surface area contributed by atoms with Gasteiger partial charge in [-0.25, -0.2) is 0 Å². The molecule has 0 aliphatic rings. The lowest BCUT2D eigenvalue weighted by atomic mass is 10.3. The Balaban J connectivity index is 2.41. The van der Waals surface area contributed by atoms with Crippen LogP contribution in [0.15, 0.2) is 6.20 Å². The molecule has 0 unspecified atom stereocenters. The minimum absolute atomic E-state index is 0.0123. The van der Waals surface area contributed by atoms with E-state index in [0.717, 1.165) is 5.56 Å². The Morgan fingerprint density at radius 3 is 3.00 bits per heavy atom. The van der Waals surface area contributed by atoms with E-state index in [1.807, 2.05) is 14.0 Å². The summed E-state index contributed by atoms with van der Waals surface area (Å²) in [5.41, 5.74) is 0.942. The summed E-state index contributed by atoms with van der Waals surface area (Å²) >= 11 is 0. The predicted molar refractivity (Wildman–Crippen MR) is 50.5 cm³/mol. The van der Waals surface area contributed by atoms with Crippen molar-refractivity contribution < 1.29 is 4.79 Å². The van der Waals surface area contributed by atoms with Crippen molar-refractivity contribution in [1.82, 2.24) is 15.5 Å². The molecule has 3 N–H and O–H groups in total. The van der Waals surface area contributed by atoms with Crippen LogP contribution >= 0.6 is 0 Å². The summed E-state index contributed by atoms with van der Waals surface area (Å²) in [6.07, 6.45) is 2.14. The number of aromatic amines is 1. The molecule has 0 aromatic carbocycles. The molecule has 1 rings (SSSR count). The van der Waals surface area contributed by atoms with Crippen LogP contribution in [-0.2, 0) is 4.79 Å². The highest BCUT2D eigenvalue weighted by Gasteiger charge is 2.04. The molecule has 1 amide bonds. The van der Waals surface area contributed by atoms with Crippen LogP contribution in [-0.4, -0.2) is 29.7 Å². The van der Waals surface area contributed by atoms with Crippen LogP contribution in [0.1, 0.15) is 12.0 Å². The van der Waals surface area contributed by atoms with Gasteiger partial charge >= 0.3 is 0 Å². The fourth-order valence-electron chi connectivity index (χ4n) is 0.913. The molecule has 5 heteroatoms. The quantitative estimate of drug-likeness (QED) is 0.625. The number of rotatable bonds is 4. The summed E-state index contributed by atoms with van der Waals surface area (Å²) in [6.45, 7) is 2.57. The van der Waals surface area contributed by atoms with E-state index in [9.17, 15) is 4.79 Å². The third kappa shape index (κ3) is 2.87. The lowest BCUT2D eigenvalue weighted by molar-refractivity contribution is -0.116. The Morgan fingerprint density at radius 1 is 1.69 bits per heavy atom. The molecule has 1 heterocycles. The van der Waals surface area contributed by atoms with Gasteiger partial charge in [0.2, 0.25) is 5.91 Å². The van der Waals surface area contributed by atoms with Gasteiger partial charge in [0.15, 0.2) is 0 Å². The number of aryl methyl sites for hydroxylation is 1. The van der Waals surface area contributed by atoms with Gasteiger partial charge < -0.3 is 10.6 Å². The fraction of sp³-hybridized carbons (Fsp3) is 0.500. The van der Waals surface area contributed by atoms with E-state index in [2.05, 4.69) is 20.8 Å². The Bertz CT molecular complexity index is 281. The smallest absolute Gasteiger partial charge is 0.226 e. The molecule has 0 aliphatic carbocycles. The second kappa shape index (κ2) is 4.61. The number of nitrogens with one attached hydrogen (secondary N) is 3. The number of aromatic nitrogens is 2. The van der Waals surface area contributed by atoms with E-state index >= 15 is 0 Å². The van der Waals surface area contributed by atoms with Gasteiger partial charge in [-0.15, -0.1) is 0 Å². The third-order valence-corrected chi connectivity index (χ3v) is 1.70. The molecule has 1 aromatic rings. The second-order valence-electron chi connectivity index (χ2n) is 2.83. The number of nitrogens with zero attached hydrogens (tertiary/aromatic N) is 1.